The zero-order valence-electron chi connectivity index (χ0n) is 10.5. The molecule has 19 heavy (non-hydrogen) atoms. The van der Waals surface area contributed by atoms with Crippen LogP contribution in [0.2, 0.25) is 0 Å². The van der Waals surface area contributed by atoms with Gasteiger partial charge in [-0.2, -0.15) is 0 Å². The molecule has 0 bridgehead atoms. The largest absolute Gasteiger partial charge is 0.327 e. The van der Waals surface area contributed by atoms with Gasteiger partial charge in [-0.05, 0) is 18.6 Å². The number of fused-ring (bicyclic) bond motifs is 1. The van der Waals surface area contributed by atoms with Gasteiger partial charge in [0.25, 0.3) is 0 Å². The maximum absolute atomic E-state index is 6.05. The highest BCUT2D eigenvalue weighted by Crippen LogP contribution is 2.43. The van der Waals surface area contributed by atoms with E-state index in [2.05, 4.69) is 34.9 Å². The number of nitrogens with zero attached hydrogens (tertiary/aromatic N) is 2. The number of nitrogens with two attached hydrogens (primary N) is 1. The summed E-state index contributed by atoms with van der Waals surface area (Å²) in [6.45, 7) is 0. The molecule has 2 unspecified atom stereocenters. The molecular weight excluding hydrogens is 234 g/mol. The summed E-state index contributed by atoms with van der Waals surface area (Å²) >= 11 is 0. The third kappa shape index (κ3) is 1.66. The van der Waals surface area contributed by atoms with Crippen molar-refractivity contribution in [2.45, 2.75) is 18.4 Å². The monoisotopic (exact) mass is 249 g/mol. The molecule has 1 fully saturated rings. The van der Waals surface area contributed by atoms with E-state index in [-0.39, 0.29) is 6.04 Å². The van der Waals surface area contributed by atoms with Gasteiger partial charge in [0, 0.05) is 23.7 Å². The molecule has 0 saturated heterocycles. The fraction of sp³-hybridized carbons (Fsp3) is 0.188. The molecular formula is C16H15N3. The van der Waals surface area contributed by atoms with E-state index < -0.39 is 0 Å². The number of benzene rings is 1. The second-order valence-corrected chi connectivity index (χ2v) is 5.15. The number of pyridine rings is 1. The summed E-state index contributed by atoms with van der Waals surface area (Å²) in [4.78, 5) is 4.79. The van der Waals surface area contributed by atoms with Gasteiger partial charge in [0.05, 0.1) is 11.4 Å². The molecule has 0 radical (unpaired) electrons. The lowest BCUT2D eigenvalue weighted by atomic mass is 10.1. The zero-order chi connectivity index (χ0) is 12.8. The van der Waals surface area contributed by atoms with Gasteiger partial charge in [-0.25, -0.2) is 4.98 Å². The van der Waals surface area contributed by atoms with E-state index in [1.165, 1.54) is 11.3 Å². The number of hydrogen-bond acceptors (Lipinski definition) is 2. The molecule has 0 spiro atoms. The molecule has 0 aliphatic heterocycles. The maximum atomic E-state index is 6.05. The zero-order valence-corrected chi connectivity index (χ0v) is 10.5. The summed E-state index contributed by atoms with van der Waals surface area (Å²) in [5.41, 5.74) is 10.5. The second kappa shape index (κ2) is 3.93. The highest BCUT2D eigenvalue weighted by Gasteiger charge is 2.39. The van der Waals surface area contributed by atoms with Crippen LogP contribution in [0.4, 0.5) is 0 Å². The van der Waals surface area contributed by atoms with Crippen molar-refractivity contribution in [2.24, 2.45) is 5.73 Å². The average molecular weight is 249 g/mol. The van der Waals surface area contributed by atoms with Crippen LogP contribution < -0.4 is 5.73 Å². The van der Waals surface area contributed by atoms with Gasteiger partial charge in [-0.1, -0.05) is 36.4 Å². The molecule has 2 N–H and O–H groups in total. The molecule has 1 aliphatic carbocycles. The van der Waals surface area contributed by atoms with E-state index in [4.69, 9.17) is 10.7 Å². The molecule has 2 aromatic heterocycles. The van der Waals surface area contributed by atoms with Gasteiger partial charge < -0.3 is 10.1 Å². The van der Waals surface area contributed by atoms with Crippen LogP contribution in [0.5, 0.6) is 0 Å². The quantitative estimate of drug-likeness (QED) is 0.759. The summed E-state index contributed by atoms with van der Waals surface area (Å²) in [7, 11) is 0. The van der Waals surface area contributed by atoms with Crippen molar-refractivity contribution in [3.8, 4) is 11.3 Å². The molecule has 94 valence electrons. The Bertz CT molecular complexity index is 730. The molecule has 2 atom stereocenters. The third-order valence-electron chi connectivity index (χ3n) is 3.81. The number of hydrogen-bond donors (Lipinski definition) is 1. The summed E-state index contributed by atoms with van der Waals surface area (Å²) in [6.07, 6.45) is 3.14. The summed E-state index contributed by atoms with van der Waals surface area (Å²) in [5, 5.41) is 0. The Morgan fingerprint density at radius 2 is 1.79 bits per heavy atom. The second-order valence-electron chi connectivity index (χ2n) is 5.15. The highest BCUT2D eigenvalue weighted by atomic mass is 15.0. The Balaban J connectivity index is 1.99. The lowest BCUT2D eigenvalue weighted by molar-refractivity contribution is 0.927. The van der Waals surface area contributed by atoms with Crippen molar-refractivity contribution in [1.82, 2.24) is 9.38 Å². The fourth-order valence-corrected chi connectivity index (χ4v) is 2.71. The van der Waals surface area contributed by atoms with E-state index in [1.807, 2.05) is 24.3 Å². The van der Waals surface area contributed by atoms with Gasteiger partial charge in [0.2, 0.25) is 0 Å². The molecule has 2 heterocycles. The summed E-state index contributed by atoms with van der Waals surface area (Å²) in [5.74, 6) is 0.438. The van der Waals surface area contributed by atoms with E-state index in [1.54, 1.807) is 0 Å². The Morgan fingerprint density at radius 3 is 2.53 bits per heavy atom. The smallest absolute Gasteiger partial charge is 0.137 e. The maximum Gasteiger partial charge on any atom is 0.137 e. The Labute approximate surface area is 111 Å². The predicted octanol–water partition coefficient (Wildman–Crippen LogP) is 2.82. The van der Waals surface area contributed by atoms with Crippen LogP contribution in [0.25, 0.3) is 16.9 Å². The van der Waals surface area contributed by atoms with Gasteiger partial charge >= 0.3 is 0 Å². The van der Waals surface area contributed by atoms with Crippen LogP contribution in [0.3, 0.4) is 0 Å². The first-order valence-corrected chi connectivity index (χ1v) is 6.62. The standard InChI is InChI=1S/C16H15N3/c17-13-10-12(13)16-15(11-6-2-1-3-7-11)18-14-8-4-5-9-19(14)16/h1-9,12-13H,10,17H2. The van der Waals surface area contributed by atoms with Crippen LogP contribution in [0, 0.1) is 0 Å². The third-order valence-corrected chi connectivity index (χ3v) is 3.81. The SMILES string of the molecule is NC1CC1c1c(-c2ccccc2)nc2ccccn12. The Hall–Kier alpha value is -2.13. The van der Waals surface area contributed by atoms with E-state index in [9.17, 15) is 0 Å². The minimum Gasteiger partial charge on any atom is -0.327 e. The van der Waals surface area contributed by atoms with E-state index in [0.29, 0.717) is 5.92 Å². The first kappa shape index (κ1) is 10.8. The summed E-state index contributed by atoms with van der Waals surface area (Å²) < 4.78 is 2.18. The van der Waals surface area contributed by atoms with Crippen LogP contribution in [-0.4, -0.2) is 15.4 Å². The molecule has 3 heteroatoms. The minimum atomic E-state index is 0.280. The first-order valence-electron chi connectivity index (χ1n) is 6.62. The molecule has 0 amide bonds. The molecule has 3 aromatic rings. The first-order chi connectivity index (χ1) is 9.34. The molecule has 4 rings (SSSR count). The van der Waals surface area contributed by atoms with Crippen molar-refractivity contribution in [3.63, 3.8) is 0 Å². The van der Waals surface area contributed by atoms with Crippen molar-refractivity contribution in [1.29, 1.82) is 0 Å². The molecule has 1 aromatic carbocycles. The van der Waals surface area contributed by atoms with Crippen LogP contribution in [-0.2, 0) is 0 Å². The predicted molar refractivity (Wildman–Crippen MR) is 76.0 cm³/mol. The number of aromatic nitrogens is 2. The van der Waals surface area contributed by atoms with Gasteiger partial charge in [0.1, 0.15) is 5.65 Å². The van der Waals surface area contributed by atoms with Crippen molar-refractivity contribution in [2.75, 3.05) is 0 Å². The highest BCUT2D eigenvalue weighted by molar-refractivity contribution is 5.68. The molecule has 1 aliphatic rings. The van der Waals surface area contributed by atoms with Crippen molar-refractivity contribution in [3.05, 3.63) is 60.4 Å². The Morgan fingerprint density at radius 1 is 1.05 bits per heavy atom. The fourth-order valence-electron chi connectivity index (χ4n) is 2.71. The van der Waals surface area contributed by atoms with Crippen molar-refractivity contribution >= 4 is 5.65 Å². The normalized spacial score (nSPS) is 21.7. The number of rotatable bonds is 2. The van der Waals surface area contributed by atoms with Gasteiger partial charge in [0.15, 0.2) is 0 Å². The van der Waals surface area contributed by atoms with Gasteiger partial charge in [-0.3, -0.25) is 0 Å². The lowest BCUT2D eigenvalue weighted by Gasteiger charge is -2.03. The van der Waals surface area contributed by atoms with Crippen LogP contribution >= 0.6 is 0 Å². The molecule has 3 nitrogen and oxygen atoms in total. The number of imidazole rings is 1. The summed E-state index contributed by atoms with van der Waals surface area (Å²) in [6, 6.07) is 16.7. The van der Waals surface area contributed by atoms with E-state index >= 15 is 0 Å². The van der Waals surface area contributed by atoms with E-state index in [0.717, 1.165) is 17.8 Å². The van der Waals surface area contributed by atoms with Crippen LogP contribution in [0.1, 0.15) is 18.0 Å². The average Bonchev–Trinajstić information content (AvgIpc) is 3.04. The topological polar surface area (TPSA) is 43.3 Å². The molecule has 1 saturated carbocycles. The lowest BCUT2D eigenvalue weighted by Crippen LogP contribution is -2.03. The van der Waals surface area contributed by atoms with Crippen molar-refractivity contribution < 1.29 is 0 Å². The minimum absolute atomic E-state index is 0.280. The Kier molecular flexibility index (Phi) is 2.23. The van der Waals surface area contributed by atoms with Crippen LogP contribution in [0.15, 0.2) is 54.7 Å². The van der Waals surface area contributed by atoms with Gasteiger partial charge in [-0.15, -0.1) is 0 Å².